The molecule has 126 valence electrons. The molecule has 3 aromatic carbocycles. The quantitative estimate of drug-likeness (QED) is 0.669. The molecule has 4 rings (SSSR count). The normalized spacial score (nSPS) is 13.7. The van der Waals surface area contributed by atoms with Crippen LogP contribution in [-0.2, 0) is 10.0 Å². The van der Waals surface area contributed by atoms with Crippen LogP contribution in [0.3, 0.4) is 0 Å². The summed E-state index contributed by atoms with van der Waals surface area (Å²) in [4.78, 5) is 0.237. The van der Waals surface area contributed by atoms with Crippen molar-refractivity contribution in [3.05, 3.63) is 88.9 Å². The number of rotatable bonds is 3. The van der Waals surface area contributed by atoms with Crippen LogP contribution >= 0.6 is 11.6 Å². The zero-order chi connectivity index (χ0) is 17.6. The molecule has 0 aliphatic heterocycles. The Kier molecular flexibility index (Phi) is 3.91. The van der Waals surface area contributed by atoms with Crippen molar-refractivity contribution in [1.29, 1.82) is 0 Å². The summed E-state index contributed by atoms with van der Waals surface area (Å²) >= 11 is 5.89. The Labute approximate surface area is 152 Å². The number of halogens is 1. The molecule has 0 unspecified atom stereocenters. The number of fused-ring (bicyclic) bond motifs is 3. The third kappa shape index (κ3) is 2.58. The molecule has 25 heavy (non-hydrogen) atoms. The Bertz CT molecular complexity index is 1000. The third-order valence-electron chi connectivity index (χ3n) is 4.66. The fourth-order valence-corrected chi connectivity index (χ4v) is 4.88. The minimum atomic E-state index is -3.65. The summed E-state index contributed by atoms with van der Waals surface area (Å²) in [5.41, 5.74) is 4.18. The van der Waals surface area contributed by atoms with Gasteiger partial charge in [-0.1, -0.05) is 60.1 Å². The van der Waals surface area contributed by atoms with Gasteiger partial charge in [-0.2, -0.15) is 4.31 Å². The van der Waals surface area contributed by atoms with Gasteiger partial charge in [0, 0.05) is 12.1 Å². The van der Waals surface area contributed by atoms with E-state index >= 15 is 0 Å². The van der Waals surface area contributed by atoms with Crippen LogP contribution in [0.25, 0.3) is 11.1 Å². The van der Waals surface area contributed by atoms with Gasteiger partial charge in [-0.3, -0.25) is 0 Å². The summed E-state index contributed by atoms with van der Waals surface area (Å²) in [6.07, 6.45) is 0. The molecule has 5 heteroatoms. The highest BCUT2D eigenvalue weighted by molar-refractivity contribution is 7.89. The Morgan fingerprint density at radius 3 is 1.80 bits per heavy atom. The first-order valence-electron chi connectivity index (χ1n) is 7.92. The van der Waals surface area contributed by atoms with Gasteiger partial charge >= 0.3 is 0 Å². The number of benzene rings is 3. The van der Waals surface area contributed by atoms with Gasteiger partial charge in [0.15, 0.2) is 0 Å². The van der Waals surface area contributed by atoms with Gasteiger partial charge in [0.05, 0.1) is 10.9 Å². The van der Waals surface area contributed by atoms with Gasteiger partial charge in [0.25, 0.3) is 0 Å². The summed E-state index contributed by atoms with van der Waals surface area (Å²) in [6, 6.07) is 21.8. The zero-order valence-corrected chi connectivity index (χ0v) is 15.1. The molecule has 3 nitrogen and oxygen atoms in total. The van der Waals surface area contributed by atoms with Crippen LogP contribution < -0.4 is 0 Å². The van der Waals surface area contributed by atoms with Crippen molar-refractivity contribution in [2.75, 3.05) is 7.05 Å². The molecule has 0 aromatic heterocycles. The highest BCUT2D eigenvalue weighted by Crippen LogP contribution is 2.47. The minimum Gasteiger partial charge on any atom is -0.207 e. The van der Waals surface area contributed by atoms with E-state index in [0.717, 1.165) is 22.3 Å². The highest BCUT2D eigenvalue weighted by atomic mass is 35.5. The summed E-state index contributed by atoms with van der Waals surface area (Å²) in [5.74, 6) is 0. The van der Waals surface area contributed by atoms with Crippen molar-refractivity contribution in [3.63, 3.8) is 0 Å². The summed E-state index contributed by atoms with van der Waals surface area (Å²) in [7, 11) is -2.02. The van der Waals surface area contributed by atoms with Crippen molar-refractivity contribution < 1.29 is 8.42 Å². The van der Waals surface area contributed by atoms with Crippen molar-refractivity contribution in [2.45, 2.75) is 10.9 Å². The molecule has 0 N–H and O–H groups in total. The lowest BCUT2D eigenvalue weighted by Crippen LogP contribution is -2.31. The second-order valence-electron chi connectivity index (χ2n) is 6.05. The SMILES string of the molecule is CN(C1c2ccccc2-c2ccccc21)S(=O)(=O)c1ccc(Cl)cc1. The van der Waals surface area contributed by atoms with Crippen molar-refractivity contribution >= 4 is 21.6 Å². The Hall–Kier alpha value is -2.14. The largest absolute Gasteiger partial charge is 0.243 e. The predicted octanol–water partition coefficient (Wildman–Crippen LogP) is 4.73. The van der Waals surface area contributed by atoms with Crippen LogP contribution in [0.2, 0.25) is 5.02 Å². The van der Waals surface area contributed by atoms with Gasteiger partial charge in [-0.25, -0.2) is 8.42 Å². The van der Waals surface area contributed by atoms with E-state index in [2.05, 4.69) is 0 Å². The Balaban J connectivity index is 1.85. The summed E-state index contributed by atoms with van der Waals surface area (Å²) < 4.78 is 27.7. The van der Waals surface area contributed by atoms with Crippen molar-refractivity contribution in [3.8, 4) is 11.1 Å². The molecule has 0 heterocycles. The van der Waals surface area contributed by atoms with Crippen molar-refractivity contribution in [2.24, 2.45) is 0 Å². The molecular weight excluding hydrogens is 354 g/mol. The summed E-state index contributed by atoms with van der Waals surface area (Å²) in [5, 5.41) is 0.512. The van der Waals surface area contributed by atoms with Gasteiger partial charge in [-0.15, -0.1) is 0 Å². The topological polar surface area (TPSA) is 37.4 Å². The maximum Gasteiger partial charge on any atom is 0.243 e. The number of sulfonamides is 1. The van der Waals surface area contributed by atoms with Gasteiger partial charge in [0.2, 0.25) is 10.0 Å². The first kappa shape index (κ1) is 16.3. The second kappa shape index (κ2) is 5.99. The molecule has 3 aromatic rings. The molecule has 0 saturated heterocycles. The van der Waals surface area contributed by atoms with Gasteiger partial charge in [0.1, 0.15) is 0 Å². The van der Waals surface area contributed by atoms with E-state index in [-0.39, 0.29) is 10.9 Å². The predicted molar refractivity (Wildman–Crippen MR) is 100 cm³/mol. The van der Waals surface area contributed by atoms with E-state index < -0.39 is 10.0 Å². The monoisotopic (exact) mass is 369 g/mol. The lowest BCUT2D eigenvalue weighted by atomic mass is 10.1. The van der Waals surface area contributed by atoms with Crippen LogP contribution in [0.5, 0.6) is 0 Å². The molecule has 0 saturated carbocycles. The van der Waals surface area contributed by atoms with E-state index in [1.165, 1.54) is 4.31 Å². The van der Waals surface area contributed by atoms with Crippen LogP contribution in [0.1, 0.15) is 17.2 Å². The lowest BCUT2D eigenvalue weighted by molar-refractivity contribution is 0.423. The highest BCUT2D eigenvalue weighted by Gasteiger charge is 2.36. The molecule has 1 aliphatic rings. The van der Waals surface area contributed by atoms with Crippen LogP contribution in [-0.4, -0.2) is 19.8 Å². The zero-order valence-electron chi connectivity index (χ0n) is 13.6. The van der Waals surface area contributed by atoms with Crippen LogP contribution in [0.4, 0.5) is 0 Å². The van der Waals surface area contributed by atoms with E-state index in [9.17, 15) is 8.42 Å². The van der Waals surface area contributed by atoms with Gasteiger partial charge in [-0.05, 0) is 46.5 Å². The molecule has 0 atom stereocenters. The molecule has 0 radical (unpaired) electrons. The van der Waals surface area contributed by atoms with E-state index in [4.69, 9.17) is 11.6 Å². The van der Waals surface area contributed by atoms with E-state index in [1.807, 2.05) is 48.5 Å². The molecule has 1 aliphatic carbocycles. The van der Waals surface area contributed by atoms with Crippen LogP contribution in [0, 0.1) is 0 Å². The average molecular weight is 370 g/mol. The minimum absolute atomic E-state index is 0.237. The van der Waals surface area contributed by atoms with Gasteiger partial charge < -0.3 is 0 Å². The maximum absolute atomic E-state index is 13.1. The van der Waals surface area contributed by atoms with E-state index in [0.29, 0.717) is 5.02 Å². The smallest absolute Gasteiger partial charge is 0.207 e. The molecule has 0 spiro atoms. The lowest BCUT2D eigenvalue weighted by Gasteiger charge is -2.26. The summed E-state index contributed by atoms with van der Waals surface area (Å²) in [6.45, 7) is 0. The fourth-order valence-electron chi connectivity index (χ4n) is 3.43. The molecule has 0 fully saturated rings. The van der Waals surface area contributed by atoms with E-state index in [1.54, 1.807) is 31.3 Å². The third-order valence-corrected chi connectivity index (χ3v) is 6.74. The molecule has 0 amide bonds. The second-order valence-corrected chi connectivity index (χ2v) is 8.49. The van der Waals surface area contributed by atoms with Crippen LogP contribution in [0.15, 0.2) is 77.7 Å². The molecule has 0 bridgehead atoms. The van der Waals surface area contributed by atoms with Crippen molar-refractivity contribution in [1.82, 2.24) is 4.31 Å². The number of nitrogens with zero attached hydrogens (tertiary/aromatic N) is 1. The first-order chi connectivity index (χ1) is 12.0. The standard InChI is InChI=1S/C20H16ClNO2S/c1-22(25(23,24)15-12-10-14(21)11-13-15)20-18-8-4-2-6-16(18)17-7-3-5-9-19(17)20/h2-13,20H,1H3. The number of hydrogen-bond donors (Lipinski definition) is 0. The fraction of sp³-hybridized carbons (Fsp3) is 0.100. The molecular formula is C20H16ClNO2S. The number of hydrogen-bond acceptors (Lipinski definition) is 2. The maximum atomic E-state index is 13.1. The first-order valence-corrected chi connectivity index (χ1v) is 9.74. The Morgan fingerprint density at radius 1 is 0.800 bits per heavy atom. The average Bonchev–Trinajstić information content (AvgIpc) is 2.96. The Morgan fingerprint density at radius 2 is 1.28 bits per heavy atom.